The Morgan fingerprint density at radius 2 is 1.24 bits per heavy atom. The second-order valence-corrected chi connectivity index (χ2v) is 11.9. The van der Waals surface area contributed by atoms with E-state index in [9.17, 15) is 5.11 Å². The van der Waals surface area contributed by atoms with Crippen molar-refractivity contribution in [2.24, 2.45) is 11.8 Å². The van der Waals surface area contributed by atoms with E-state index in [1.807, 2.05) is 0 Å². The third-order valence-electron chi connectivity index (χ3n) is 3.61. The molecule has 2 atom stereocenters. The summed E-state index contributed by atoms with van der Waals surface area (Å²) >= 11 is 0.917. The molecule has 0 aliphatic carbocycles. The van der Waals surface area contributed by atoms with Crippen molar-refractivity contribution in [2.45, 2.75) is 17.6 Å². The van der Waals surface area contributed by atoms with Crippen LogP contribution in [0, 0.1) is 11.8 Å². The summed E-state index contributed by atoms with van der Waals surface area (Å²) in [5, 5.41) is 9.50. The van der Waals surface area contributed by atoms with Gasteiger partial charge in [0.1, 0.15) is 0 Å². The van der Waals surface area contributed by atoms with Gasteiger partial charge in [0.2, 0.25) is 0 Å². The summed E-state index contributed by atoms with van der Waals surface area (Å²) in [7, 11) is 0. The summed E-state index contributed by atoms with van der Waals surface area (Å²) in [5.41, 5.74) is 0. The van der Waals surface area contributed by atoms with Gasteiger partial charge < -0.3 is 0 Å². The Balaban J connectivity index is 2.13. The molecule has 1 N–H and O–H groups in total. The number of hydrogen-bond donors (Lipinski definition) is 1. The number of rotatable bonds is 7. The van der Waals surface area contributed by atoms with Gasteiger partial charge in [-0.1, -0.05) is 0 Å². The van der Waals surface area contributed by atoms with Gasteiger partial charge in [-0.15, -0.1) is 0 Å². The van der Waals surface area contributed by atoms with Crippen LogP contribution in [0.4, 0.5) is 0 Å². The molecule has 112 valence electrons. The van der Waals surface area contributed by atoms with Crippen LogP contribution in [-0.2, 0) is 0 Å². The van der Waals surface area contributed by atoms with Crippen LogP contribution < -0.4 is 8.92 Å². The quantitative estimate of drug-likeness (QED) is 0.691. The summed E-state index contributed by atoms with van der Waals surface area (Å²) in [6.07, 6.45) is 0. The Morgan fingerprint density at radius 1 is 0.810 bits per heavy atom. The molecular weight excluding hydrogens is 390 g/mol. The van der Waals surface area contributed by atoms with E-state index in [0.29, 0.717) is 45.5 Å². The molecule has 0 amide bonds. The van der Waals surface area contributed by atoms with Gasteiger partial charge in [0, 0.05) is 0 Å². The Hall–Kier alpha value is -0.561. The van der Waals surface area contributed by atoms with Crippen LogP contribution in [0.15, 0.2) is 60.7 Å². The fraction of sp³-hybridized carbons (Fsp3) is 0.333. The average Bonchev–Trinajstić information content (AvgIpc) is 2.54. The molecule has 3 heteroatoms. The van der Waals surface area contributed by atoms with Gasteiger partial charge in [-0.05, 0) is 0 Å². The van der Waals surface area contributed by atoms with Crippen LogP contribution in [0.2, 0.25) is 3.71 Å². The van der Waals surface area contributed by atoms with Crippen molar-refractivity contribution in [3.63, 3.8) is 0 Å². The minimum atomic E-state index is 0.285. The zero-order valence-electron chi connectivity index (χ0n) is 12.5. The van der Waals surface area contributed by atoms with Gasteiger partial charge in [0.25, 0.3) is 0 Å². The standard InChI is InChI=1S/C18H22OSe2/c1-14(13-19)15(2)18(20-16-9-5-3-6-10-16)21-17-11-7-4-8-12-17/h3-12,14-15,18-19H,13H2,1-2H3/t14-,15-/m0/s1. The van der Waals surface area contributed by atoms with E-state index >= 15 is 0 Å². The van der Waals surface area contributed by atoms with E-state index in [1.165, 1.54) is 8.92 Å². The Morgan fingerprint density at radius 3 is 1.62 bits per heavy atom. The van der Waals surface area contributed by atoms with Crippen molar-refractivity contribution >= 4 is 38.8 Å². The van der Waals surface area contributed by atoms with Crippen LogP contribution in [0.25, 0.3) is 0 Å². The number of hydrogen-bond acceptors (Lipinski definition) is 1. The number of aliphatic hydroxyl groups is 1. The van der Waals surface area contributed by atoms with E-state index in [2.05, 4.69) is 74.5 Å². The van der Waals surface area contributed by atoms with Crippen molar-refractivity contribution in [3.8, 4) is 0 Å². The maximum absolute atomic E-state index is 9.50. The normalized spacial score (nSPS) is 14.1. The van der Waals surface area contributed by atoms with Crippen LogP contribution >= 0.6 is 0 Å². The Bertz CT molecular complexity index is 474. The van der Waals surface area contributed by atoms with Gasteiger partial charge in [-0.3, -0.25) is 0 Å². The van der Waals surface area contributed by atoms with Gasteiger partial charge in [0.15, 0.2) is 0 Å². The number of benzene rings is 2. The second kappa shape index (κ2) is 8.78. The molecule has 0 saturated carbocycles. The van der Waals surface area contributed by atoms with E-state index in [-0.39, 0.29) is 6.61 Å². The Kier molecular flexibility index (Phi) is 7.02. The molecule has 1 nitrogen and oxygen atoms in total. The molecule has 0 saturated heterocycles. The third kappa shape index (κ3) is 5.29. The van der Waals surface area contributed by atoms with Crippen LogP contribution in [0.3, 0.4) is 0 Å². The molecule has 2 aromatic carbocycles. The van der Waals surface area contributed by atoms with Crippen molar-refractivity contribution in [1.29, 1.82) is 0 Å². The molecule has 0 radical (unpaired) electrons. The van der Waals surface area contributed by atoms with Gasteiger partial charge in [0.05, 0.1) is 0 Å². The first-order chi connectivity index (χ1) is 10.2. The van der Waals surface area contributed by atoms with Crippen LogP contribution in [-0.4, -0.2) is 41.6 Å². The summed E-state index contributed by atoms with van der Waals surface area (Å²) in [5.74, 6) is 0.918. The summed E-state index contributed by atoms with van der Waals surface area (Å²) in [4.78, 5) is 0. The topological polar surface area (TPSA) is 20.2 Å². The van der Waals surface area contributed by atoms with Crippen molar-refractivity contribution in [3.05, 3.63) is 60.7 Å². The third-order valence-corrected chi connectivity index (χ3v) is 10.8. The maximum atomic E-state index is 9.50. The summed E-state index contributed by atoms with van der Waals surface area (Å²) in [6, 6.07) is 21.6. The molecule has 0 heterocycles. The molecule has 0 aliphatic rings. The minimum absolute atomic E-state index is 0.285. The van der Waals surface area contributed by atoms with Crippen molar-refractivity contribution in [2.75, 3.05) is 6.61 Å². The molecule has 0 aliphatic heterocycles. The van der Waals surface area contributed by atoms with Crippen molar-refractivity contribution < 1.29 is 5.11 Å². The Labute approximate surface area is 140 Å². The van der Waals surface area contributed by atoms with E-state index < -0.39 is 0 Å². The van der Waals surface area contributed by atoms with Crippen LogP contribution in [0.5, 0.6) is 0 Å². The number of aliphatic hydroxyl groups excluding tert-OH is 1. The first kappa shape index (κ1) is 16.8. The van der Waals surface area contributed by atoms with E-state index in [4.69, 9.17) is 0 Å². The van der Waals surface area contributed by atoms with Crippen molar-refractivity contribution in [1.82, 2.24) is 0 Å². The molecule has 2 rings (SSSR count). The predicted molar refractivity (Wildman–Crippen MR) is 92.8 cm³/mol. The monoisotopic (exact) mass is 414 g/mol. The van der Waals surface area contributed by atoms with Gasteiger partial charge >= 0.3 is 141 Å². The first-order valence-electron chi connectivity index (χ1n) is 7.25. The van der Waals surface area contributed by atoms with E-state index in [1.54, 1.807) is 0 Å². The summed E-state index contributed by atoms with van der Waals surface area (Å²) < 4.78 is 3.60. The van der Waals surface area contributed by atoms with E-state index in [0.717, 1.165) is 0 Å². The van der Waals surface area contributed by atoms with Gasteiger partial charge in [-0.25, -0.2) is 0 Å². The second-order valence-electron chi connectivity index (χ2n) is 5.25. The molecule has 2 aromatic rings. The molecule has 21 heavy (non-hydrogen) atoms. The molecule has 0 unspecified atom stereocenters. The van der Waals surface area contributed by atoms with Gasteiger partial charge in [-0.2, -0.15) is 0 Å². The zero-order chi connectivity index (χ0) is 15.1. The molecular formula is C18H22OSe2. The summed E-state index contributed by atoms with van der Waals surface area (Å²) in [6.45, 7) is 4.76. The molecule has 0 fully saturated rings. The fourth-order valence-corrected chi connectivity index (χ4v) is 9.46. The first-order valence-corrected chi connectivity index (χ1v) is 10.9. The average molecular weight is 412 g/mol. The molecule has 0 spiro atoms. The predicted octanol–water partition coefficient (Wildman–Crippen LogP) is 2.06. The molecule has 0 aromatic heterocycles. The van der Waals surface area contributed by atoms with Crippen LogP contribution in [0.1, 0.15) is 13.8 Å². The fourth-order valence-electron chi connectivity index (χ4n) is 1.94. The molecule has 0 bridgehead atoms. The zero-order valence-corrected chi connectivity index (χ0v) is 15.9. The SMILES string of the molecule is C[C@H](C([Se]c1ccccc1)[Se]c1ccccc1)[C@@H](C)CO.